The maximum atomic E-state index is 13.4. The monoisotopic (exact) mass is 528 g/mol. The molecule has 1 fully saturated rings. The first-order valence-electron chi connectivity index (χ1n) is 13.2. The SMILES string of the molecule is Cc1ccc(OCCN(C)C)cc1C(=O)N[C@H](C)c1cc(-c2cnn(C3COC3)c2)cc(-c2ccn(C)n2)c1. The molecule has 2 aromatic heterocycles. The number of carbonyl (C=O) groups is 1. The van der Waals surface area contributed by atoms with E-state index in [9.17, 15) is 4.79 Å². The number of hydrogen-bond acceptors (Lipinski definition) is 6. The molecular weight excluding hydrogens is 492 g/mol. The van der Waals surface area contributed by atoms with Crippen LogP contribution in [-0.2, 0) is 11.8 Å². The molecule has 3 heterocycles. The molecule has 5 rings (SSSR count). The Bertz CT molecular complexity index is 1450. The fourth-order valence-corrected chi connectivity index (χ4v) is 4.49. The van der Waals surface area contributed by atoms with Gasteiger partial charge in [-0.2, -0.15) is 10.2 Å². The molecule has 9 nitrogen and oxygen atoms in total. The summed E-state index contributed by atoms with van der Waals surface area (Å²) in [7, 11) is 5.91. The zero-order chi connectivity index (χ0) is 27.5. The predicted molar refractivity (Wildman–Crippen MR) is 151 cm³/mol. The Morgan fingerprint density at radius 1 is 1.15 bits per heavy atom. The minimum Gasteiger partial charge on any atom is -0.492 e. The summed E-state index contributed by atoms with van der Waals surface area (Å²) in [6, 6.07) is 14.0. The molecule has 1 saturated heterocycles. The minimum absolute atomic E-state index is 0.138. The van der Waals surface area contributed by atoms with E-state index in [1.807, 2.05) is 76.3 Å². The first-order valence-corrected chi connectivity index (χ1v) is 13.2. The molecule has 1 atom stereocenters. The summed E-state index contributed by atoms with van der Waals surface area (Å²) in [6.07, 6.45) is 5.87. The number of likely N-dealkylation sites (N-methyl/N-ethyl adjacent to an activating group) is 1. The number of nitrogens with one attached hydrogen (secondary N) is 1. The molecule has 0 spiro atoms. The third kappa shape index (κ3) is 6.21. The highest BCUT2D eigenvalue weighted by Crippen LogP contribution is 2.31. The molecule has 1 amide bonds. The first kappa shape index (κ1) is 26.6. The molecule has 1 aliphatic heterocycles. The number of aryl methyl sites for hydroxylation is 2. The third-order valence-electron chi connectivity index (χ3n) is 7.00. The van der Waals surface area contributed by atoms with E-state index in [1.54, 1.807) is 4.68 Å². The van der Waals surface area contributed by atoms with Crippen LogP contribution in [0.15, 0.2) is 61.1 Å². The number of ether oxygens (including phenoxy) is 2. The molecule has 1 N–H and O–H groups in total. The van der Waals surface area contributed by atoms with Crippen LogP contribution in [0.25, 0.3) is 22.4 Å². The van der Waals surface area contributed by atoms with Gasteiger partial charge in [0.05, 0.1) is 37.2 Å². The molecule has 2 aromatic carbocycles. The summed E-state index contributed by atoms with van der Waals surface area (Å²) in [5.74, 6) is 0.550. The van der Waals surface area contributed by atoms with Crippen molar-refractivity contribution < 1.29 is 14.3 Å². The molecule has 0 saturated carbocycles. The highest BCUT2D eigenvalue weighted by atomic mass is 16.5. The lowest BCUT2D eigenvalue weighted by Crippen LogP contribution is -2.30. The van der Waals surface area contributed by atoms with Gasteiger partial charge in [0.1, 0.15) is 12.4 Å². The van der Waals surface area contributed by atoms with Crippen LogP contribution in [0.2, 0.25) is 0 Å². The van der Waals surface area contributed by atoms with Gasteiger partial charge in [-0.05, 0) is 81.0 Å². The van der Waals surface area contributed by atoms with Crippen LogP contribution in [-0.4, -0.2) is 70.8 Å². The molecule has 9 heteroatoms. The van der Waals surface area contributed by atoms with Crippen molar-refractivity contribution in [3.63, 3.8) is 0 Å². The number of amides is 1. The number of benzene rings is 2. The van der Waals surface area contributed by atoms with Crippen molar-refractivity contribution in [2.45, 2.75) is 25.9 Å². The molecule has 204 valence electrons. The first-order chi connectivity index (χ1) is 18.8. The molecule has 1 aliphatic rings. The summed E-state index contributed by atoms with van der Waals surface area (Å²) in [4.78, 5) is 15.5. The number of aromatic nitrogens is 4. The number of nitrogens with zero attached hydrogens (tertiary/aromatic N) is 5. The van der Waals surface area contributed by atoms with Gasteiger partial charge in [-0.15, -0.1) is 0 Å². The van der Waals surface area contributed by atoms with Gasteiger partial charge in [-0.3, -0.25) is 14.2 Å². The maximum Gasteiger partial charge on any atom is 0.252 e. The lowest BCUT2D eigenvalue weighted by atomic mass is 9.96. The zero-order valence-electron chi connectivity index (χ0n) is 23.2. The summed E-state index contributed by atoms with van der Waals surface area (Å²) in [5, 5.41) is 12.4. The summed E-state index contributed by atoms with van der Waals surface area (Å²) in [6.45, 7) is 6.67. The van der Waals surface area contributed by atoms with Gasteiger partial charge in [0.25, 0.3) is 5.91 Å². The Balaban J connectivity index is 1.40. The average Bonchev–Trinajstić information content (AvgIpc) is 3.53. The Morgan fingerprint density at radius 3 is 2.64 bits per heavy atom. The average molecular weight is 529 g/mol. The molecule has 0 radical (unpaired) electrons. The second kappa shape index (κ2) is 11.4. The van der Waals surface area contributed by atoms with Gasteiger partial charge >= 0.3 is 0 Å². The van der Waals surface area contributed by atoms with E-state index in [1.165, 1.54) is 0 Å². The van der Waals surface area contributed by atoms with Crippen molar-refractivity contribution in [1.29, 1.82) is 0 Å². The van der Waals surface area contributed by atoms with E-state index >= 15 is 0 Å². The molecule has 0 bridgehead atoms. The molecule has 0 aliphatic carbocycles. The van der Waals surface area contributed by atoms with Crippen molar-refractivity contribution >= 4 is 5.91 Å². The Hall–Kier alpha value is -3.95. The Labute approximate surface area is 229 Å². The Morgan fingerprint density at radius 2 is 1.95 bits per heavy atom. The van der Waals surface area contributed by atoms with Crippen LogP contribution < -0.4 is 10.1 Å². The number of carbonyl (C=O) groups excluding carboxylic acids is 1. The lowest BCUT2D eigenvalue weighted by molar-refractivity contribution is -0.0286. The second-order valence-corrected chi connectivity index (χ2v) is 10.4. The molecule has 39 heavy (non-hydrogen) atoms. The fraction of sp³-hybridized carbons (Fsp3) is 0.367. The van der Waals surface area contributed by atoms with E-state index in [0.717, 1.165) is 40.1 Å². The van der Waals surface area contributed by atoms with Crippen molar-refractivity contribution in [2.24, 2.45) is 7.05 Å². The third-order valence-corrected chi connectivity index (χ3v) is 7.00. The zero-order valence-corrected chi connectivity index (χ0v) is 23.2. The van der Waals surface area contributed by atoms with Crippen LogP contribution in [0.3, 0.4) is 0 Å². The van der Waals surface area contributed by atoms with E-state index < -0.39 is 0 Å². The largest absolute Gasteiger partial charge is 0.492 e. The van der Waals surface area contributed by atoms with E-state index in [2.05, 4.69) is 44.8 Å². The highest BCUT2D eigenvalue weighted by Gasteiger charge is 2.22. The highest BCUT2D eigenvalue weighted by molar-refractivity contribution is 5.96. The van der Waals surface area contributed by atoms with E-state index in [4.69, 9.17) is 9.47 Å². The van der Waals surface area contributed by atoms with Gasteiger partial charge in [0.2, 0.25) is 0 Å². The fourth-order valence-electron chi connectivity index (χ4n) is 4.49. The molecule has 0 unspecified atom stereocenters. The van der Waals surface area contributed by atoms with Crippen LogP contribution >= 0.6 is 0 Å². The van der Waals surface area contributed by atoms with Gasteiger partial charge in [0, 0.05) is 42.7 Å². The van der Waals surface area contributed by atoms with Crippen molar-refractivity contribution in [3.8, 4) is 28.1 Å². The molecular formula is C30H36N6O3. The van der Waals surface area contributed by atoms with Gasteiger partial charge < -0.3 is 19.7 Å². The van der Waals surface area contributed by atoms with Crippen LogP contribution in [0, 0.1) is 6.92 Å². The number of hydrogen-bond donors (Lipinski definition) is 1. The van der Waals surface area contributed by atoms with Gasteiger partial charge in [-0.1, -0.05) is 6.07 Å². The minimum atomic E-state index is -0.243. The maximum absolute atomic E-state index is 13.4. The van der Waals surface area contributed by atoms with Crippen molar-refractivity contribution in [1.82, 2.24) is 29.8 Å². The Kier molecular flexibility index (Phi) is 7.81. The summed E-state index contributed by atoms with van der Waals surface area (Å²) < 4.78 is 15.0. The standard InChI is InChI=1S/C30H36N6O3/c1-20-6-7-27(39-11-10-34(3)4)15-28(20)30(37)32-21(2)22-12-23(14-24(13-22)29-8-9-35(5)33-29)25-16-31-36(17-25)26-18-38-19-26/h6-9,12-17,21,26H,10-11,18-19H2,1-5H3,(H,32,37)/t21-/m1/s1. The topological polar surface area (TPSA) is 86.4 Å². The van der Waals surface area contributed by atoms with Crippen molar-refractivity contribution in [3.05, 3.63) is 77.7 Å². The summed E-state index contributed by atoms with van der Waals surface area (Å²) in [5.41, 5.74) is 6.38. The summed E-state index contributed by atoms with van der Waals surface area (Å²) >= 11 is 0. The van der Waals surface area contributed by atoms with E-state index in [-0.39, 0.29) is 18.0 Å². The lowest BCUT2D eigenvalue weighted by Gasteiger charge is -2.25. The number of rotatable bonds is 10. The second-order valence-electron chi connectivity index (χ2n) is 10.4. The van der Waals surface area contributed by atoms with Crippen LogP contribution in [0.5, 0.6) is 5.75 Å². The van der Waals surface area contributed by atoms with Crippen LogP contribution in [0.1, 0.15) is 40.5 Å². The van der Waals surface area contributed by atoms with E-state index in [0.29, 0.717) is 31.1 Å². The van der Waals surface area contributed by atoms with Crippen molar-refractivity contribution in [2.75, 3.05) is 40.5 Å². The quantitative estimate of drug-likeness (QED) is 0.331. The molecule has 4 aromatic rings. The normalized spacial score (nSPS) is 14.3. The van der Waals surface area contributed by atoms with Gasteiger partial charge in [0.15, 0.2) is 0 Å². The van der Waals surface area contributed by atoms with Crippen LogP contribution in [0.4, 0.5) is 0 Å². The smallest absolute Gasteiger partial charge is 0.252 e. The van der Waals surface area contributed by atoms with Gasteiger partial charge in [-0.25, -0.2) is 0 Å². The predicted octanol–water partition coefficient (Wildman–Crippen LogP) is 4.26.